The zero-order valence-corrected chi connectivity index (χ0v) is 11.6. The summed E-state index contributed by atoms with van der Waals surface area (Å²) < 4.78 is 10.9. The number of oxazole rings is 1. The third-order valence-electron chi connectivity index (χ3n) is 3.28. The second-order valence-corrected chi connectivity index (χ2v) is 4.49. The molecule has 0 aliphatic heterocycles. The second kappa shape index (κ2) is 5.19. The lowest BCUT2D eigenvalue weighted by atomic mass is 10.1. The number of nitrogens with zero attached hydrogens (tertiary/aromatic N) is 4. The molecule has 0 fully saturated rings. The third-order valence-corrected chi connectivity index (χ3v) is 3.28. The third kappa shape index (κ3) is 2.28. The van der Waals surface area contributed by atoms with Gasteiger partial charge in [0, 0.05) is 22.2 Å². The standard InChI is InChI=1S/C15H12N4O2/c1-9-11(4-3-5-12(9)18-19-16)15-17-13-8-10(20-2)6-7-14(13)21-15/h3-8H,1-2H3. The van der Waals surface area contributed by atoms with Crippen LogP contribution in [-0.4, -0.2) is 12.1 Å². The summed E-state index contributed by atoms with van der Waals surface area (Å²) in [6.07, 6.45) is 0. The average molecular weight is 280 g/mol. The number of rotatable bonds is 3. The molecule has 3 aromatic rings. The fourth-order valence-corrected chi connectivity index (χ4v) is 2.16. The Morgan fingerprint density at radius 1 is 1.29 bits per heavy atom. The molecule has 104 valence electrons. The van der Waals surface area contributed by atoms with E-state index >= 15 is 0 Å². The minimum absolute atomic E-state index is 0.491. The van der Waals surface area contributed by atoms with Crippen molar-refractivity contribution in [3.63, 3.8) is 0 Å². The van der Waals surface area contributed by atoms with Crippen molar-refractivity contribution >= 4 is 16.8 Å². The van der Waals surface area contributed by atoms with Crippen LogP contribution >= 0.6 is 0 Å². The van der Waals surface area contributed by atoms with Gasteiger partial charge in [0.1, 0.15) is 11.3 Å². The van der Waals surface area contributed by atoms with Gasteiger partial charge >= 0.3 is 0 Å². The van der Waals surface area contributed by atoms with E-state index in [0.717, 1.165) is 22.4 Å². The summed E-state index contributed by atoms with van der Waals surface area (Å²) in [5.74, 6) is 1.22. The number of benzene rings is 2. The smallest absolute Gasteiger partial charge is 0.227 e. The van der Waals surface area contributed by atoms with Crippen LogP contribution in [0.2, 0.25) is 0 Å². The molecule has 3 rings (SSSR count). The van der Waals surface area contributed by atoms with Crippen LogP contribution in [0.1, 0.15) is 5.56 Å². The zero-order valence-electron chi connectivity index (χ0n) is 11.6. The van der Waals surface area contributed by atoms with Gasteiger partial charge in [-0.25, -0.2) is 4.98 Å². The van der Waals surface area contributed by atoms with Crippen LogP contribution in [0, 0.1) is 6.92 Å². The van der Waals surface area contributed by atoms with Gasteiger partial charge in [-0.2, -0.15) is 0 Å². The largest absolute Gasteiger partial charge is 0.497 e. The molecule has 0 spiro atoms. The molecule has 0 aliphatic carbocycles. The fourth-order valence-electron chi connectivity index (χ4n) is 2.16. The van der Waals surface area contributed by atoms with Crippen LogP contribution in [-0.2, 0) is 0 Å². The number of hydrogen-bond acceptors (Lipinski definition) is 4. The number of azide groups is 1. The van der Waals surface area contributed by atoms with Gasteiger partial charge in [-0.05, 0) is 36.2 Å². The summed E-state index contributed by atoms with van der Waals surface area (Å²) in [5.41, 5.74) is 12.2. The van der Waals surface area contributed by atoms with Gasteiger partial charge in [0.2, 0.25) is 5.89 Å². The molecule has 0 unspecified atom stereocenters. The normalized spacial score (nSPS) is 10.4. The summed E-state index contributed by atoms with van der Waals surface area (Å²) in [5, 5.41) is 3.66. The summed E-state index contributed by atoms with van der Waals surface area (Å²) in [4.78, 5) is 7.30. The Bertz CT molecular complexity index is 863. The monoisotopic (exact) mass is 280 g/mol. The Labute approximate surface area is 120 Å². The molecule has 0 radical (unpaired) electrons. The minimum atomic E-state index is 0.491. The van der Waals surface area contributed by atoms with E-state index in [1.807, 2.05) is 37.3 Å². The van der Waals surface area contributed by atoms with Crippen molar-refractivity contribution in [3.05, 3.63) is 52.4 Å². The van der Waals surface area contributed by atoms with Crippen molar-refractivity contribution in [3.8, 4) is 17.2 Å². The van der Waals surface area contributed by atoms with Crippen LogP contribution in [0.3, 0.4) is 0 Å². The molecular formula is C15H12N4O2. The van der Waals surface area contributed by atoms with Crippen LogP contribution in [0.4, 0.5) is 5.69 Å². The maximum Gasteiger partial charge on any atom is 0.227 e. The number of methoxy groups -OCH3 is 1. The molecule has 0 amide bonds. The SMILES string of the molecule is COc1ccc2oc(-c3cccc(N=[N+]=[N-])c3C)nc2c1. The first-order chi connectivity index (χ1) is 10.2. The van der Waals surface area contributed by atoms with Crippen molar-refractivity contribution in [1.82, 2.24) is 4.98 Å². The van der Waals surface area contributed by atoms with Gasteiger partial charge < -0.3 is 9.15 Å². The molecule has 21 heavy (non-hydrogen) atoms. The van der Waals surface area contributed by atoms with Crippen LogP contribution in [0.25, 0.3) is 33.0 Å². The van der Waals surface area contributed by atoms with Crippen molar-refractivity contribution < 1.29 is 9.15 Å². The first-order valence-corrected chi connectivity index (χ1v) is 6.32. The van der Waals surface area contributed by atoms with Crippen molar-refractivity contribution in [1.29, 1.82) is 0 Å². The topological polar surface area (TPSA) is 84.0 Å². The average Bonchev–Trinajstić information content (AvgIpc) is 2.92. The van der Waals surface area contributed by atoms with Crippen LogP contribution in [0.5, 0.6) is 5.75 Å². The van der Waals surface area contributed by atoms with E-state index < -0.39 is 0 Å². The number of hydrogen-bond donors (Lipinski definition) is 0. The summed E-state index contributed by atoms with van der Waals surface area (Å²) >= 11 is 0. The van der Waals surface area contributed by atoms with Crippen molar-refractivity contribution in [2.24, 2.45) is 5.11 Å². The Balaban J connectivity index is 2.16. The highest BCUT2D eigenvalue weighted by molar-refractivity contribution is 5.79. The zero-order chi connectivity index (χ0) is 14.8. The Hall–Kier alpha value is -2.98. The molecule has 1 aromatic heterocycles. The van der Waals surface area contributed by atoms with E-state index in [2.05, 4.69) is 15.0 Å². The highest BCUT2D eigenvalue weighted by Crippen LogP contribution is 2.32. The van der Waals surface area contributed by atoms with E-state index in [-0.39, 0.29) is 0 Å². The Kier molecular flexibility index (Phi) is 3.22. The number of fused-ring (bicyclic) bond motifs is 1. The van der Waals surface area contributed by atoms with Gasteiger partial charge in [0.15, 0.2) is 5.58 Å². The molecule has 1 heterocycles. The predicted molar refractivity (Wildman–Crippen MR) is 79.5 cm³/mol. The molecule has 6 heteroatoms. The van der Waals surface area contributed by atoms with Crippen LogP contribution < -0.4 is 4.74 Å². The first-order valence-electron chi connectivity index (χ1n) is 6.32. The second-order valence-electron chi connectivity index (χ2n) is 4.49. The van der Waals surface area contributed by atoms with Gasteiger partial charge in [0.25, 0.3) is 0 Å². The molecule has 0 atom stereocenters. The molecule has 0 N–H and O–H groups in total. The van der Waals surface area contributed by atoms with Crippen molar-refractivity contribution in [2.75, 3.05) is 7.11 Å². The molecule has 0 saturated carbocycles. The van der Waals surface area contributed by atoms with E-state index in [1.165, 1.54) is 0 Å². The minimum Gasteiger partial charge on any atom is -0.497 e. The van der Waals surface area contributed by atoms with Gasteiger partial charge in [-0.15, -0.1) is 0 Å². The summed E-state index contributed by atoms with van der Waals surface area (Å²) in [7, 11) is 1.61. The highest BCUT2D eigenvalue weighted by atomic mass is 16.5. The molecule has 0 aliphatic rings. The maximum atomic E-state index is 8.58. The highest BCUT2D eigenvalue weighted by Gasteiger charge is 2.12. The quantitative estimate of drug-likeness (QED) is 0.394. The predicted octanol–water partition coefficient (Wildman–Crippen LogP) is 4.75. The molecule has 6 nitrogen and oxygen atoms in total. The lowest BCUT2D eigenvalue weighted by molar-refractivity contribution is 0.415. The molecule has 0 bridgehead atoms. The lowest BCUT2D eigenvalue weighted by Crippen LogP contribution is -1.83. The van der Waals surface area contributed by atoms with Crippen LogP contribution in [0.15, 0.2) is 45.9 Å². The maximum absolute atomic E-state index is 8.58. The van der Waals surface area contributed by atoms with E-state index in [0.29, 0.717) is 17.2 Å². The van der Waals surface area contributed by atoms with Gasteiger partial charge in [-0.3, -0.25) is 0 Å². The number of ether oxygens (including phenoxy) is 1. The van der Waals surface area contributed by atoms with Gasteiger partial charge in [0.05, 0.1) is 7.11 Å². The van der Waals surface area contributed by atoms with E-state index in [1.54, 1.807) is 13.2 Å². The molecule has 2 aromatic carbocycles. The van der Waals surface area contributed by atoms with Gasteiger partial charge in [-0.1, -0.05) is 17.2 Å². The van der Waals surface area contributed by atoms with Crippen molar-refractivity contribution in [2.45, 2.75) is 6.92 Å². The van der Waals surface area contributed by atoms with E-state index in [9.17, 15) is 0 Å². The first kappa shape index (κ1) is 13.0. The summed E-state index contributed by atoms with van der Waals surface area (Å²) in [6.45, 7) is 1.87. The Morgan fingerprint density at radius 3 is 2.90 bits per heavy atom. The number of aromatic nitrogens is 1. The fraction of sp³-hybridized carbons (Fsp3) is 0.133. The molecular weight excluding hydrogens is 268 g/mol. The lowest BCUT2D eigenvalue weighted by Gasteiger charge is -2.03. The van der Waals surface area contributed by atoms with E-state index in [4.69, 9.17) is 14.7 Å². The molecule has 0 saturated heterocycles. The summed E-state index contributed by atoms with van der Waals surface area (Å²) in [6, 6.07) is 10.9. The Morgan fingerprint density at radius 2 is 2.14 bits per heavy atom.